The van der Waals surface area contributed by atoms with Crippen LogP contribution in [0.25, 0.3) is 0 Å². The number of esters is 1. The highest BCUT2D eigenvalue weighted by molar-refractivity contribution is 6.32. The van der Waals surface area contributed by atoms with Gasteiger partial charge >= 0.3 is 5.97 Å². The number of anilines is 1. The number of halogens is 1. The summed E-state index contributed by atoms with van der Waals surface area (Å²) in [6.07, 6.45) is 0.235. The molecule has 118 valence electrons. The summed E-state index contributed by atoms with van der Waals surface area (Å²) in [4.78, 5) is 23.6. The summed E-state index contributed by atoms with van der Waals surface area (Å²) in [6, 6.07) is 6.36. The third kappa shape index (κ3) is 4.49. The molecule has 0 unspecified atom stereocenters. The SMILES string of the molecule is C[C@@H](OC(=O)Cn1cnnn1)C(=O)Nc1ccc(C#N)c(Cl)c1. The van der Waals surface area contributed by atoms with Crippen LogP contribution in [0.5, 0.6) is 0 Å². The van der Waals surface area contributed by atoms with E-state index in [4.69, 9.17) is 21.6 Å². The van der Waals surface area contributed by atoms with Crippen molar-refractivity contribution in [2.24, 2.45) is 0 Å². The second kappa shape index (κ2) is 7.33. The molecule has 0 spiro atoms. The maximum atomic E-state index is 12.0. The van der Waals surface area contributed by atoms with Crippen LogP contribution >= 0.6 is 11.6 Å². The van der Waals surface area contributed by atoms with Crippen LogP contribution < -0.4 is 5.32 Å². The Labute approximate surface area is 135 Å². The summed E-state index contributed by atoms with van der Waals surface area (Å²) < 4.78 is 6.15. The minimum absolute atomic E-state index is 0.201. The average molecular weight is 335 g/mol. The Morgan fingerprint density at radius 2 is 2.30 bits per heavy atom. The van der Waals surface area contributed by atoms with Gasteiger partial charge in [-0.25, -0.2) is 4.68 Å². The number of tetrazole rings is 1. The molecular weight excluding hydrogens is 324 g/mol. The van der Waals surface area contributed by atoms with Crippen molar-refractivity contribution in [3.63, 3.8) is 0 Å². The Morgan fingerprint density at radius 3 is 2.91 bits per heavy atom. The van der Waals surface area contributed by atoms with E-state index in [1.165, 1.54) is 36.1 Å². The van der Waals surface area contributed by atoms with Crippen molar-refractivity contribution < 1.29 is 14.3 Å². The zero-order chi connectivity index (χ0) is 16.8. The van der Waals surface area contributed by atoms with Gasteiger partial charge in [-0.05, 0) is 35.5 Å². The van der Waals surface area contributed by atoms with E-state index in [1.54, 1.807) is 0 Å². The molecule has 10 heteroatoms. The van der Waals surface area contributed by atoms with Gasteiger partial charge in [-0.2, -0.15) is 5.26 Å². The standard InChI is InChI=1S/C13H11ClN6O3/c1-8(23-12(21)6-20-7-16-18-19-20)13(22)17-10-3-2-9(5-15)11(14)4-10/h2-4,7-8H,6H2,1H3,(H,17,22)/t8-/m1/s1. The molecule has 0 fully saturated rings. The zero-order valence-electron chi connectivity index (χ0n) is 11.9. The highest BCUT2D eigenvalue weighted by Gasteiger charge is 2.18. The lowest BCUT2D eigenvalue weighted by molar-refractivity contribution is -0.153. The van der Waals surface area contributed by atoms with Crippen LogP contribution in [0.2, 0.25) is 5.02 Å². The van der Waals surface area contributed by atoms with E-state index in [-0.39, 0.29) is 11.6 Å². The Balaban J connectivity index is 1.91. The van der Waals surface area contributed by atoms with Crippen LogP contribution in [0.1, 0.15) is 12.5 Å². The maximum Gasteiger partial charge on any atom is 0.328 e. The molecular formula is C13H11ClN6O3. The van der Waals surface area contributed by atoms with Crippen molar-refractivity contribution in [1.82, 2.24) is 20.2 Å². The van der Waals surface area contributed by atoms with E-state index in [0.29, 0.717) is 11.3 Å². The second-order valence-corrected chi connectivity index (χ2v) is 4.84. The number of nitriles is 1. The van der Waals surface area contributed by atoms with Gasteiger partial charge in [-0.15, -0.1) is 5.10 Å². The molecule has 2 rings (SSSR count). The number of hydrogen-bond acceptors (Lipinski definition) is 7. The van der Waals surface area contributed by atoms with Crippen molar-refractivity contribution in [3.8, 4) is 6.07 Å². The number of nitrogens with one attached hydrogen (secondary N) is 1. The van der Waals surface area contributed by atoms with E-state index in [0.717, 1.165) is 0 Å². The van der Waals surface area contributed by atoms with Crippen molar-refractivity contribution in [1.29, 1.82) is 5.26 Å². The Morgan fingerprint density at radius 1 is 1.52 bits per heavy atom. The van der Waals surface area contributed by atoms with Crippen LogP contribution in [-0.2, 0) is 20.9 Å². The molecule has 1 aromatic carbocycles. The topological polar surface area (TPSA) is 123 Å². The molecule has 0 aliphatic carbocycles. The smallest absolute Gasteiger partial charge is 0.328 e. The van der Waals surface area contributed by atoms with Gasteiger partial charge in [0.1, 0.15) is 18.9 Å². The summed E-state index contributed by atoms with van der Waals surface area (Å²) in [6.45, 7) is 1.23. The number of hydrogen-bond donors (Lipinski definition) is 1. The molecule has 1 amide bonds. The van der Waals surface area contributed by atoms with Gasteiger partial charge in [-0.1, -0.05) is 11.6 Å². The molecule has 1 atom stereocenters. The Bertz CT molecular complexity index is 756. The average Bonchev–Trinajstić information content (AvgIpc) is 3.00. The Hall–Kier alpha value is -2.99. The number of carbonyl (C=O) groups is 2. The molecule has 23 heavy (non-hydrogen) atoms. The molecule has 0 saturated heterocycles. The Kier molecular flexibility index (Phi) is 5.22. The van der Waals surface area contributed by atoms with Crippen LogP contribution in [0, 0.1) is 11.3 Å². The number of amides is 1. The van der Waals surface area contributed by atoms with Crippen molar-refractivity contribution in [2.75, 3.05) is 5.32 Å². The molecule has 1 aromatic heterocycles. The molecule has 9 nitrogen and oxygen atoms in total. The number of benzene rings is 1. The highest BCUT2D eigenvalue weighted by Crippen LogP contribution is 2.20. The van der Waals surface area contributed by atoms with Gasteiger partial charge in [0.2, 0.25) is 0 Å². The van der Waals surface area contributed by atoms with Gasteiger partial charge < -0.3 is 10.1 Å². The first-order valence-electron chi connectivity index (χ1n) is 6.40. The molecule has 0 saturated carbocycles. The van der Waals surface area contributed by atoms with E-state index in [2.05, 4.69) is 20.8 Å². The number of rotatable bonds is 5. The number of ether oxygens (including phenoxy) is 1. The summed E-state index contributed by atoms with van der Waals surface area (Å²) >= 11 is 5.88. The summed E-state index contributed by atoms with van der Waals surface area (Å²) in [5.74, 6) is -1.19. The third-order valence-corrected chi connectivity index (χ3v) is 3.03. The lowest BCUT2D eigenvalue weighted by Crippen LogP contribution is -2.31. The molecule has 1 heterocycles. The van der Waals surface area contributed by atoms with Crippen LogP contribution in [0.3, 0.4) is 0 Å². The van der Waals surface area contributed by atoms with Gasteiger partial charge in [0.25, 0.3) is 5.91 Å². The largest absolute Gasteiger partial charge is 0.451 e. The predicted molar refractivity (Wildman–Crippen MR) is 78.2 cm³/mol. The molecule has 0 radical (unpaired) electrons. The first-order chi connectivity index (χ1) is 11.0. The van der Waals surface area contributed by atoms with Crippen LogP contribution in [0.15, 0.2) is 24.5 Å². The van der Waals surface area contributed by atoms with Gasteiger partial charge in [0.15, 0.2) is 6.10 Å². The third-order valence-electron chi connectivity index (χ3n) is 2.72. The fourth-order valence-corrected chi connectivity index (χ4v) is 1.82. The predicted octanol–water partition coefficient (Wildman–Crippen LogP) is 0.769. The monoisotopic (exact) mass is 334 g/mol. The van der Waals surface area contributed by atoms with E-state index in [1.807, 2.05) is 6.07 Å². The first kappa shape index (κ1) is 16.4. The fourth-order valence-electron chi connectivity index (χ4n) is 1.60. The van der Waals surface area contributed by atoms with Crippen LogP contribution in [-0.4, -0.2) is 38.2 Å². The van der Waals surface area contributed by atoms with Crippen molar-refractivity contribution >= 4 is 29.2 Å². The normalized spacial score (nSPS) is 11.3. The molecule has 0 bridgehead atoms. The number of aromatic nitrogens is 4. The number of nitrogens with zero attached hydrogens (tertiary/aromatic N) is 5. The number of carbonyl (C=O) groups excluding carboxylic acids is 2. The summed E-state index contributed by atoms with van der Waals surface area (Å²) in [5, 5.41) is 21.8. The molecule has 0 aliphatic heterocycles. The van der Waals surface area contributed by atoms with Crippen LogP contribution in [0.4, 0.5) is 5.69 Å². The molecule has 2 aromatic rings. The van der Waals surface area contributed by atoms with Crippen molar-refractivity contribution in [3.05, 3.63) is 35.1 Å². The summed E-state index contributed by atoms with van der Waals surface area (Å²) in [7, 11) is 0. The molecule has 0 aliphatic rings. The van der Waals surface area contributed by atoms with Gasteiger partial charge in [-0.3, -0.25) is 9.59 Å². The second-order valence-electron chi connectivity index (χ2n) is 4.44. The van der Waals surface area contributed by atoms with E-state index < -0.39 is 18.0 Å². The highest BCUT2D eigenvalue weighted by atomic mass is 35.5. The molecule has 1 N–H and O–H groups in total. The van der Waals surface area contributed by atoms with Gasteiger partial charge in [0.05, 0.1) is 10.6 Å². The minimum Gasteiger partial charge on any atom is -0.451 e. The maximum absolute atomic E-state index is 12.0. The van der Waals surface area contributed by atoms with Crippen molar-refractivity contribution in [2.45, 2.75) is 19.6 Å². The lowest BCUT2D eigenvalue weighted by Gasteiger charge is -2.13. The zero-order valence-corrected chi connectivity index (χ0v) is 12.7. The fraction of sp³-hybridized carbons (Fsp3) is 0.231. The first-order valence-corrected chi connectivity index (χ1v) is 6.78. The lowest BCUT2D eigenvalue weighted by atomic mass is 10.2. The quantitative estimate of drug-likeness (QED) is 0.801. The summed E-state index contributed by atoms with van der Waals surface area (Å²) in [5.41, 5.74) is 0.688. The van der Waals surface area contributed by atoms with Gasteiger partial charge in [0, 0.05) is 5.69 Å². The minimum atomic E-state index is -1.02. The van der Waals surface area contributed by atoms with E-state index >= 15 is 0 Å². The van der Waals surface area contributed by atoms with E-state index in [9.17, 15) is 9.59 Å².